The van der Waals surface area contributed by atoms with Crippen LogP contribution < -0.4 is 5.32 Å². The summed E-state index contributed by atoms with van der Waals surface area (Å²) in [6.07, 6.45) is 2.90. The third-order valence-electron chi connectivity index (χ3n) is 5.89. The van der Waals surface area contributed by atoms with E-state index in [2.05, 4.69) is 19.2 Å². The molecule has 1 amide bonds. The molecule has 3 atom stereocenters. The number of alkyl halides is 2. The number of halogens is 2. The van der Waals surface area contributed by atoms with E-state index in [1.54, 1.807) is 30.3 Å². The van der Waals surface area contributed by atoms with Crippen LogP contribution >= 0.6 is 0 Å². The van der Waals surface area contributed by atoms with Gasteiger partial charge in [0, 0.05) is 12.1 Å². The molecule has 0 spiro atoms. The molecule has 120 valence electrons. The van der Waals surface area contributed by atoms with Crippen LogP contribution in [0, 0.1) is 23.2 Å². The molecule has 0 radical (unpaired) electrons. The lowest BCUT2D eigenvalue weighted by molar-refractivity contribution is -0.144. The third kappa shape index (κ3) is 2.64. The Kier molecular flexibility index (Phi) is 3.74. The van der Waals surface area contributed by atoms with E-state index in [0.717, 1.165) is 19.3 Å². The molecule has 1 aromatic rings. The number of hydrogen-bond donors (Lipinski definition) is 1. The lowest BCUT2D eigenvalue weighted by Gasteiger charge is -2.39. The lowest BCUT2D eigenvalue weighted by Crippen LogP contribution is -2.41. The normalized spacial score (nSPS) is 29.5. The van der Waals surface area contributed by atoms with Gasteiger partial charge in [0.1, 0.15) is 0 Å². The number of hydrogen-bond acceptors (Lipinski definition) is 1. The highest BCUT2D eigenvalue weighted by Gasteiger charge is 2.56. The Bertz CT molecular complexity index is 555. The molecule has 1 aromatic carbocycles. The summed E-state index contributed by atoms with van der Waals surface area (Å²) in [7, 11) is 0. The van der Waals surface area contributed by atoms with Gasteiger partial charge >= 0.3 is 5.92 Å². The molecule has 2 nitrogen and oxygen atoms in total. The fourth-order valence-electron chi connectivity index (χ4n) is 4.51. The first-order chi connectivity index (χ1) is 10.3. The van der Waals surface area contributed by atoms with Crippen LogP contribution in [0.4, 0.5) is 14.5 Å². The van der Waals surface area contributed by atoms with Gasteiger partial charge in [-0.1, -0.05) is 32.0 Å². The van der Waals surface area contributed by atoms with E-state index in [4.69, 9.17) is 0 Å². The summed E-state index contributed by atoms with van der Waals surface area (Å²) in [6, 6.07) is 8.45. The Balaban J connectivity index is 1.69. The molecule has 0 heterocycles. The molecule has 2 fully saturated rings. The number of rotatable bonds is 4. The summed E-state index contributed by atoms with van der Waals surface area (Å²) in [5, 5.41) is 2.34. The van der Waals surface area contributed by atoms with Crippen molar-refractivity contribution in [3.05, 3.63) is 30.3 Å². The van der Waals surface area contributed by atoms with Gasteiger partial charge in [-0.25, -0.2) is 0 Å². The Morgan fingerprint density at radius 3 is 2.55 bits per heavy atom. The van der Waals surface area contributed by atoms with Gasteiger partial charge in [-0.3, -0.25) is 4.79 Å². The van der Waals surface area contributed by atoms with Crippen molar-refractivity contribution in [2.24, 2.45) is 23.2 Å². The van der Waals surface area contributed by atoms with Crippen molar-refractivity contribution < 1.29 is 13.6 Å². The Morgan fingerprint density at radius 2 is 1.95 bits per heavy atom. The van der Waals surface area contributed by atoms with Crippen LogP contribution in [-0.2, 0) is 4.79 Å². The minimum Gasteiger partial charge on any atom is -0.321 e. The molecule has 3 rings (SSSR count). The molecule has 2 bridgehead atoms. The zero-order chi connectivity index (χ0) is 16.0. The molecule has 0 aliphatic heterocycles. The summed E-state index contributed by atoms with van der Waals surface area (Å²) in [5.74, 6) is -3.67. The second-order valence-electron chi connectivity index (χ2n) is 7.43. The minimum absolute atomic E-state index is 0.0669. The maximum atomic E-state index is 14.4. The summed E-state index contributed by atoms with van der Waals surface area (Å²) >= 11 is 0. The van der Waals surface area contributed by atoms with Gasteiger partial charge in [0.15, 0.2) is 0 Å². The SMILES string of the molecule is CC1(C)C2CCC(C2)C1CC(F)(F)C(=O)Nc1ccccc1. The van der Waals surface area contributed by atoms with Crippen LogP contribution in [0.1, 0.15) is 39.5 Å². The highest BCUT2D eigenvalue weighted by molar-refractivity contribution is 5.96. The minimum atomic E-state index is -3.32. The Labute approximate surface area is 130 Å². The summed E-state index contributed by atoms with van der Waals surface area (Å²) < 4.78 is 28.8. The number of fused-ring (bicyclic) bond motifs is 2. The van der Waals surface area contributed by atoms with Gasteiger partial charge in [-0.15, -0.1) is 0 Å². The first-order valence-corrected chi connectivity index (χ1v) is 8.05. The monoisotopic (exact) mass is 307 g/mol. The largest absolute Gasteiger partial charge is 0.325 e. The molecule has 3 unspecified atom stereocenters. The number of carbonyl (C=O) groups excluding carboxylic acids is 1. The van der Waals surface area contributed by atoms with Crippen LogP contribution in [0.3, 0.4) is 0 Å². The molecule has 0 aromatic heterocycles. The predicted octanol–water partition coefficient (Wildman–Crippen LogP) is 4.72. The second kappa shape index (κ2) is 5.32. The number of benzene rings is 1. The molecular formula is C18H23F2NO. The van der Waals surface area contributed by atoms with Gasteiger partial charge in [-0.05, 0) is 54.6 Å². The number of anilines is 1. The van der Waals surface area contributed by atoms with Gasteiger partial charge in [0.25, 0.3) is 5.91 Å². The molecule has 2 saturated carbocycles. The van der Waals surface area contributed by atoms with E-state index >= 15 is 0 Å². The number of para-hydroxylation sites is 1. The number of nitrogens with one attached hydrogen (secondary N) is 1. The van der Waals surface area contributed by atoms with Gasteiger partial charge < -0.3 is 5.32 Å². The second-order valence-corrected chi connectivity index (χ2v) is 7.43. The molecule has 0 saturated heterocycles. The maximum absolute atomic E-state index is 14.4. The summed E-state index contributed by atoms with van der Waals surface area (Å²) in [6.45, 7) is 4.18. The number of carbonyl (C=O) groups is 1. The van der Waals surface area contributed by atoms with Crippen molar-refractivity contribution in [2.75, 3.05) is 5.32 Å². The van der Waals surface area contributed by atoms with Crippen molar-refractivity contribution in [3.8, 4) is 0 Å². The van der Waals surface area contributed by atoms with E-state index in [1.165, 1.54) is 0 Å². The van der Waals surface area contributed by atoms with Crippen molar-refractivity contribution in [1.29, 1.82) is 0 Å². The predicted molar refractivity (Wildman–Crippen MR) is 82.7 cm³/mol. The van der Waals surface area contributed by atoms with Crippen LogP contribution in [0.5, 0.6) is 0 Å². The number of amides is 1. The lowest BCUT2D eigenvalue weighted by atomic mass is 9.66. The van der Waals surface area contributed by atoms with Crippen LogP contribution in [0.15, 0.2) is 30.3 Å². The van der Waals surface area contributed by atoms with Crippen LogP contribution in [-0.4, -0.2) is 11.8 Å². The summed E-state index contributed by atoms with van der Waals surface area (Å²) in [5.41, 5.74) is 0.332. The summed E-state index contributed by atoms with van der Waals surface area (Å²) in [4.78, 5) is 12.0. The topological polar surface area (TPSA) is 29.1 Å². The Hall–Kier alpha value is -1.45. The van der Waals surface area contributed by atoms with E-state index in [0.29, 0.717) is 17.5 Å². The first kappa shape index (κ1) is 15.4. The van der Waals surface area contributed by atoms with Crippen LogP contribution in [0.25, 0.3) is 0 Å². The van der Waals surface area contributed by atoms with Gasteiger partial charge in [-0.2, -0.15) is 8.78 Å². The average Bonchev–Trinajstić information content (AvgIpc) is 3.02. The first-order valence-electron chi connectivity index (χ1n) is 8.05. The standard InChI is InChI=1S/C18H23F2NO/c1-17(2)13-9-8-12(10-13)15(17)11-18(19,20)16(22)21-14-6-4-3-5-7-14/h3-7,12-13,15H,8-11H2,1-2H3,(H,21,22). The van der Waals surface area contributed by atoms with Crippen molar-refractivity contribution in [3.63, 3.8) is 0 Å². The fraction of sp³-hybridized carbons (Fsp3) is 0.611. The maximum Gasteiger partial charge on any atom is 0.325 e. The molecule has 22 heavy (non-hydrogen) atoms. The zero-order valence-corrected chi connectivity index (χ0v) is 13.1. The zero-order valence-electron chi connectivity index (χ0n) is 13.1. The fourth-order valence-corrected chi connectivity index (χ4v) is 4.51. The van der Waals surface area contributed by atoms with E-state index in [9.17, 15) is 13.6 Å². The van der Waals surface area contributed by atoms with E-state index < -0.39 is 11.8 Å². The molecule has 2 aliphatic rings. The highest BCUT2D eigenvalue weighted by Crippen LogP contribution is 2.61. The molecule has 4 heteroatoms. The van der Waals surface area contributed by atoms with Crippen molar-refractivity contribution >= 4 is 11.6 Å². The molecule has 1 N–H and O–H groups in total. The van der Waals surface area contributed by atoms with Gasteiger partial charge in [0.05, 0.1) is 0 Å². The van der Waals surface area contributed by atoms with Gasteiger partial charge in [0.2, 0.25) is 0 Å². The van der Waals surface area contributed by atoms with E-state index in [-0.39, 0.29) is 17.8 Å². The van der Waals surface area contributed by atoms with Crippen LogP contribution in [0.2, 0.25) is 0 Å². The van der Waals surface area contributed by atoms with Crippen molar-refractivity contribution in [1.82, 2.24) is 0 Å². The highest BCUT2D eigenvalue weighted by atomic mass is 19.3. The Morgan fingerprint density at radius 1 is 1.27 bits per heavy atom. The smallest absolute Gasteiger partial charge is 0.321 e. The van der Waals surface area contributed by atoms with Crippen molar-refractivity contribution in [2.45, 2.75) is 45.5 Å². The third-order valence-corrected chi connectivity index (χ3v) is 5.89. The molecular weight excluding hydrogens is 284 g/mol. The quantitative estimate of drug-likeness (QED) is 0.856. The average molecular weight is 307 g/mol. The van der Waals surface area contributed by atoms with E-state index in [1.807, 2.05) is 0 Å². The molecule has 2 aliphatic carbocycles.